The lowest BCUT2D eigenvalue weighted by atomic mass is 9.98. The number of unbranched alkanes of at least 4 members (excludes halogenated alkanes) is 2. The van der Waals surface area contributed by atoms with Gasteiger partial charge in [-0.15, -0.1) is 0 Å². The van der Waals surface area contributed by atoms with Crippen molar-refractivity contribution in [3.63, 3.8) is 0 Å². The van der Waals surface area contributed by atoms with Crippen molar-refractivity contribution < 1.29 is 4.74 Å². The molecule has 1 N–H and O–H groups in total. The third-order valence-corrected chi connectivity index (χ3v) is 4.00. The number of rotatable bonds is 8. The molecule has 118 valence electrons. The molecule has 0 radical (unpaired) electrons. The van der Waals surface area contributed by atoms with Gasteiger partial charge in [0.15, 0.2) is 0 Å². The lowest BCUT2D eigenvalue weighted by Crippen LogP contribution is -2.24. The van der Waals surface area contributed by atoms with Crippen LogP contribution in [0.2, 0.25) is 0 Å². The normalized spacial score (nSPS) is 16.0. The minimum absolute atomic E-state index is 0.0248. The first kappa shape index (κ1) is 16.4. The predicted molar refractivity (Wildman–Crippen MR) is 90.1 cm³/mol. The van der Waals surface area contributed by atoms with Crippen LogP contribution in [0.4, 0.5) is 0 Å². The van der Waals surface area contributed by atoms with Gasteiger partial charge in [0.25, 0.3) is 0 Å². The Morgan fingerprint density at radius 3 is 2.76 bits per heavy atom. The van der Waals surface area contributed by atoms with E-state index < -0.39 is 0 Å². The van der Waals surface area contributed by atoms with Crippen molar-refractivity contribution >= 4 is 0 Å². The highest BCUT2D eigenvalue weighted by molar-refractivity contribution is 5.41. The first-order valence-electron chi connectivity index (χ1n) is 8.48. The second kappa shape index (κ2) is 7.31. The number of ether oxygens (including phenoxy) is 1. The summed E-state index contributed by atoms with van der Waals surface area (Å²) in [6.07, 6.45) is 6.11. The molecule has 0 saturated carbocycles. The first-order chi connectivity index (χ1) is 9.96. The topological polar surface area (TPSA) is 21.3 Å². The highest BCUT2D eigenvalue weighted by atomic mass is 16.5. The molecule has 2 rings (SSSR count). The Kier molecular flexibility index (Phi) is 5.69. The number of benzene rings is 1. The van der Waals surface area contributed by atoms with Crippen LogP contribution in [0.25, 0.3) is 0 Å². The average Bonchev–Trinajstić information content (AvgIpc) is 2.70. The first-order valence-corrected chi connectivity index (χ1v) is 8.48. The van der Waals surface area contributed by atoms with Gasteiger partial charge in [0.05, 0.1) is 0 Å². The molecule has 1 aliphatic rings. The standard InChI is InChI=1S/C19H31NO/c1-15(2)14-20-11-7-5-6-8-16-9-10-18-17(12-16)13-19(3,4)21-18/h9-10,12,15,20H,5-8,11,13-14H2,1-4H3. The van der Waals surface area contributed by atoms with Crippen molar-refractivity contribution in [3.8, 4) is 5.75 Å². The summed E-state index contributed by atoms with van der Waals surface area (Å²) in [5.74, 6) is 1.84. The second-order valence-electron chi connectivity index (χ2n) is 7.39. The molecule has 1 aromatic rings. The number of nitrogens with one attached hydrogen (secondary N) is 1. The molecule has 2 nitrogen and oxygen atoms in total. The monoisotopic (exact) mass is 289 g/mol. The highest BCUT2D eigenvalue weighted by Gasteiger charge is 2.29. The van der Waals surface area contributed by atoms with Crippen LogP contribution < -0.4 is 10.1 Å². The van der Waals surface area contributed by atoms with E-state index in [1.54, 1.807) is 0 Å². The summed E-state index contributed by atoms with van der Waals surface area (Å²) >= 11 is 0. The Hall–Kier alpha value is -1.02. The summed E-state index contributed by atoms with van der Waals surface area (Å²) in [7, 11) is 0. The fourth-order valence-electron chi connectivity index (χ4n) is 2.97. The number of aryl methyl sites for hydroxylation is 1. The van der Waals surface area contributed by atoms with Gasteiger partial charge in [0.1, 0.15) is 11.4 Å². The van der Waals surface area contributed by atoms with Crippen LogP contribution in [-0.2, 0) is 12.8 Å². The molecular weight excluding hydrogens is 258 g/mol. The van der Waals surface area contributed by atoms with Gasteiger partial charge in [0.2, 0.25) is 0 Å². The molecule has 0 fully saturated rings. The van der Waals surface area contributed by atoms with Gasteiger partial charge in [0, 0.05) is 6.42 Å². The predicted octanol–water partition coefficient (Wildman–Crippen LogP) is 4.36. The van der Waals surface area contributed by atoms with Gasteiger partial charge >= 0.3 is 0 Å². The lowest BCUT2D eigenvalue weighted by molar-refractivity contribution is 0.138. The maximum absolute atomic E-state index is 5.93. The van der Waals surface area contributed by atoms with Crippen molar-refractivity contribution in [1.82, 2.24) is 5.32 Å². The molecule has 1 aliphatic heterocycles. The smallest absolute Gasteiger partial charge is 0.123 e. The Bertz CT molecular complexity index is 451. The van der Waals surface area contributed by atoms with E-state index in [2.05, 4.69) is 51.2 Å². The average molecular weight is 289 g/mol. The Balaban J connectivity index is 1.66. The Morgan fingerprint density at radius 1 is 1.19 bits per heavy atom. The van der Waals surface area contributed by atoms with Crippen LogP contribution in [0.1, 0.15) is 58.1 Å². The van der Waals surface area contributed by atoms with Crippen LogP contribution in [-0.4, -0.2) is 18.7 Å². The van der Waals surface area contributed by atoms with E-state index in [4.69, 9.17) is 4.74 Å². The van der Waals surface area contributed by atoms with Crippen molar-refractivity contribution in [3.05, 3.63) is 29.3 Å². The van der Waals surface area contributed by atoms with E-state index in [1.165, 1.54) is 36.8 Å². The van der Waals surface area contributed by atoms with Crippen molar-refractivity contribution in [2.75, 3.05) is 13.1 Å². The molecule has 1 aromatic carbocycles. The summed E-state index contributed by atoms with van der Waals surface area (Å²) in [4.78, 5) is 0. The maximum Gasteiger partial charge on any atom is 0.123 e. The molecular formula is C19H31NO. The zero-order valence-corrected chi connectivity index (χ0v) is 14.2. The van der Waals surface area contributed by atoms with E-state index >= 15 is 0 Å². The number of hydrogen-bond donors (Lipinski definition) is 1. The van der Waals surface area contributed by atoms with E-state index in [0.29, 0.717) is 0 Å². The molecule has 0 unspecified atom stereocenters. The van der Waals surface area contributed by atoms with Crippen molar-refractivity contribution in [1.29, 1.82) is 0 Å². The van der Waals surface area contributed by atoms with Crippen LogP contribution in [0.5, 0.6) is 5.75 Å². The van der Waals surface area contributed by atoms with Crippen LogP contribution in [0, 0.1) is 5.92 Å². The molecule has 0 aliphatic carbocycles. The second-order valence-corrected chi connectivity index (χ2v) is 7.39. The lowest BCUT2D eigenvalue weighted by Gasteiger charge is -2.16. The van der Waals surface area contributed by atoms with Crippen LogP contribution in [0.3, 0.4) is 0 Å². The quantitative estimate of drug-likeness (QED) is 0.718. The largest absolute Gasteiger partial charge is 0.487 e. The molecule has 21 heavy (non-hydrogen) atoms. The van der Waals surface area contributed by atoms with Crippen LogP contribution >= 0.6 is 0 Å². The summed E-state index contributed by atoms with van der Waals surface area (Å²) in [5.41, 5.74) is 2.82. The third kappa shape index (κ3) is 5.35. The fraction of sp³-hybridized carbons (Fsp3) is 0.684. The zero-order valence-electron chi connectivity index (χ0n) is 14.2. The van der Waals surface area contributed by atoms with Gasteiger partial charge in [-0.25, -0.2) is 0 Å². The van der Waals surface area contributed by atoms with E-state index in [-0.39, 0.29) is 5.60 Å². The Labute approximate surface area is 130 Å². The van der Waals surface area contributed by atoms with Gasteiger partial charge in [-0.1, -0.05) is 32.4 Å². The molecule has 0 aromatic heterocycles. The molecule has 0 saturated heterocycles. The number of hydrogen-bond acceptors (Lipinski definition) is 2. The zero-order chi connectivity index (χ0) is 15.3. The molecule has 0 bridgehead atoms. The highest BCUT2D eigenvalue weighted by Crippen LogP contribution is 2.35. The summed E-state index contributed by atoms with van der Waals surface area (Å²) in [6, 6.07) is 6.74. The summed E-state index contributed by atoms with van der Waals surface area (Å²) in [6.45, 7) is 11.1. The van der Waals surface area contributed by atoms with Crippen LogP contribution in [0.15, 0.2) is 18.2 Å². The molecule has 1 heterocycles. The van der Waals surface area contributed by atoms with Gasteiger partial charge < -0.3 is 10.1 Å². The SMILES string of the molecule is CC(C)CNCCCCCc1ccc2c(c1)CC(C)(C)O2. The number of fused-ring (bicyclic) bond motifs is 1. The van der Waals surface area contributed by atoms with E-state index in [9.17, 15) is 0 Å². The summed E-state index contributed by atoms with van der Waals surface area (Å²) < 4.78 is 5.93. The van der Waals surface area contributed by atoms with Crippen molar-refractivity contribution in [2.24, 2.45) is 5.92 Å². The van der Waals surface area contributed by atoms with Gasteiger partial charge in [-0.05, 0) is 69.3 Å². The third-order valence-electron chi connectivity index (χ3n) is 4.00. The van der Waals surface area contributed by atoms with Gasteiger partial charge in [-0.3, -0.25) is 0 Å². The minimum Gasteiger partial charge on any atom is -0.487 e. The molecule has 0 amide bonds. The van der Waals surface area contributed by atoms with E-state index in [0.717, 1.165) is 31.2 Å². The van der Waals surface area contributed by atoms with Gasteiger partial charge in [-0.2, -0.15) is 0 Å². The minimum atomic E-state index is -0.0248. The maximum atomic E-state index is 5.93. The molecule has 2 heteroatoms. The van der Waals surface area contributed by atoms with Crippen molar-refractivity contribution in [2.45, 2.75) is 65.4 Å². The molecule has 0 spiro atoms. The van der Waals surface area contributed by atoms with E-state index in [1.807, 2.05) is 0 Å². The fourth-order valence-corrected chi connectivity index (χ4v) is 2.97. The Morgan fingerprint density at radius 2 is 2.00 bits per heavy atom. The molecule has 0 atom stereocenters. The summed E-state index contributed by atoms with van der Waals surface area (Å²) in [5, 5.41) is 3.51.